The van der Waals surface area contributed by atoms with Gasteiger partial charge >= 0.3 is 0 Å². The van der Waals surface area contributed by atoms with E-state index in [-0.39, 0.29) is 10.6 Å². The lowest BCUT2D eigenvalue weighted by atomic mass is 10.1. The molecule has 1 aromatic carbocycles. The zero-order chi connectivity index (χ0) is 16.9. The summed E-state index contributed by atoms with van der Waals surface area (Å²) in [4.78, 5) is 18.8. The second kappa shape index (κ2) is 7.94. The largest absolute Gasteiger partial charge is 0.303 e. The number of thioether (sulfide) groups is 1. The number of hydrogen-bond donors (Lipinski definition) is 0. The van der Waals surface area contributed by atoms with E-state index >= 15 is 0 Å². The maximum Gasteiger partial charge on any atom is 0.274 e. The number of aryl methyl sites for hydroxylation is 1. The van der Waals surface area contributed by atoms with Crippen LogP contribution in [0.5, 0.6) is 0 Å². The van der Waals surface area contributed by atoms with Crippen LogP contribution in [0.1, 0.15) is 31.2 Å². The molecule has 0 saturated carbocycles. The molecule has 3 rings (SSSR count). The van der Waals surface area contributed by atoms with Crippen molar-refractivity contribution < 1.29 is 4.92 Å². The highest BCUT2D eigenvalue weighted by Gasteiger charge is 2.15. The average Bonchev–Trinajstić information content (AvgIpc) is 2.60. The van der Waals surface area contributed by atoms with E-state index in [0.29, 0.717) is 5.56 Å². The number of fused-ring (bicyclic) bond motifs is 1. The second-order valence-corrected chi connectivity index (χ2v) is 7.41. The predicted molar refractivity (Wildman–Crippen MR) is 98.8 cm³/mol. The molecule has 2 heterocycles. The smallest absolute Gasteiger partial charge is 0.274 e. The molecule has 0 bridgehead atoms. The summed E-state index contributed by atoms with van der Waals surface area (Å²) in [6.45, 7) is 5.43. The molecule has 6 heteroatoms. The summed E-state index contributed by atoms with van der Waals surface area (Å²) in [5, 5.41) is 12.1. The van der Waals surface area contributed by atoms with E-state index in [9.17, 15) is 10.1 Å². The molecule has 24 heavy (non-hydrogen) atoms. The third-order valence-electron chi connectivity index (χ3n) is 4.62. The first-order valence-electron chi connectivity index (χ1n) is 8.54. The summed E-state index contributed by atoms with van der Waals surface area (Å²) >= 11 is 1.82. The maximum atomic E-state index is 11.1. The Balaban J connectivity index is 1.66. The monoisotopic (exact) mass is 345 g/mol. The number of piperidine rings is 1. The second-order valence-electron chi connectivity index (χ2n) is 6.28. The molecule has 1 saturated heterocycles. The van der Waals surface area contributed by atoms with Gasteiger partial charge in [0, 0.05) is 22.5 Å². The molecule has 1 aliphatic heterocycles. The maximum absolute atomic E-state index is 11.1. The van der Waals surface area contributed by atoms with Gasteiger partial charge in [0.25, 0.3) is 5.69 Å². The fraction of sp³-hybridized carbons (Fsp3) is 0.500. The first kappa shape index (κ1) is 17.2. The van der Waals surface area contributed by atoms with E-state index in [1.165, 1.54) is 45.3 Å². The fourth-order valence-corrected chi connectivity index (χ4v) is 4.27. The van der Waals surface area contributed by atoms with Crippen LogP contribution >= 0.6 is 11.8 Å². The van der Waals surface area contributed by atoms with Gasteiger partial charge in [-0.25, -0.2) is 0 Å². The Bertz CT molecular complexity index is 730. The molecule has 0 spiro atoms. The molecule has 128 valence electrons. The van der Waals surface area contributed by atoms with Crippen LogP contribution in [0.4, 0.5) is 5.69 Å². The highest BCUT2D eigenvalue weighted by molar-refractivity contribution is 7.99. The lowest BCUT2D eigenvalue weighted by molar-refractivity contribution is -0.385. The van der Waals surface area contributed by atoms with Crippen LogP contribution in [-0.4, -0.2) is 40.2 Å². The Labute approximate surface area is 146 Å². The molecule has 0 atom stereocenters. The van der Waals surface area contributed by atoms with Crippen molar-refractivity contribution in [2.24, 2.45) is 0 Å². The van der Waals surface area contributed by atoms with Crippen LogP contribution < -0.4 is 0 Å². The van der Waals surface area contributed by atoms with Crippen LogP contribution in [0.15, 0.2) is 29.3 Å². The Hall–Kier alpha value is -1.66. The predicted octanol–water partition coefficient (Wildman–Crippen LogP) is 4.42. The molecule has 1 fully saturated rings. The molecule has 5 nitrogen and oxygen atoms in total. The van der Waals surface area contributed by atoms with E-state index in [1.807, 2.05) is 23.9 Å². The Morgan fingerprint density at radius 3 is 2.79 bits per heavy atom. The van der Waals surface area contributed by atoms with Gasteiger partial charge in [0.05, 0.1) is 16.0 Å². The minimum Gasteiger partial charge on any atom is -0.303 e. The molecule has 1 aromatic heterocycles. The number of rotatable bonds is 6. The number of benzene rings is 1. The highest BCUT2D eigenvalue weighted by Crippen LogP contribution is 2.32. The van der Waals surface area contributed by atoms with E-state index in [4.69, 9.17) is 0 Å². The third-order valence-corrected chi connectivity index (χ3v) is 5.78. The Morgan fingerprint density at radius 1 is 1.25 bits per heavy atom. The van der Waals surface area contributed by atoms with Gasteiger partial charge in [-0.05, 0) is 63.7 Å². The van der Waals surface area contributed by atoms with Gasteiger partial charge in [0.1, 0.15) is 0 Å². The van der Waals surface area contributed by atoms with Gasteiger partial charge in [-0.2, -0.15) is 0 Å². The molecular weight excluding hydrogens is 322 g/mol. The number of nitro benzene ring substituents is 1. The van der Waals surface area contributed by atoms with Crippen LogP contribution in [0.2, 0.25) is 0 Å². The average molecular weight is 345 g/mol. The number of nitro groups is 1. The van der Waals surface area contributed by atoms with Gasteiger partial charge in [0.15, 0.2) is 0 Å². The quantitative estimate of drug-likeness (QED) is 0.336. The van der Waals surface area contributed by atoms with E-state index in [1.54, 1.807) is 19.2 Å². The van der Waals surface area contributed by atoms with Crippen molar-refractivity contribution in [1.29, 1.82) is 0 Å². The summed E-state index contributed by atoms with van der Waals surface area (Å²) in [7, 11) is 0. The molecule has 0 radical (unpaired) electrons. The number of hydrogen-bond acceptors (Lipinski definition) is 5. The van der Waals surface area contributed by atoms with Crippen LogP contribution in [0.25, 0.3) is 10.9 Å². The number of nitrogens with zero attached hydrogens (tertiary/aromatic N) is 3. The fourth-order valence-electron chi connectivity index (χ4n) is 3.30. The van der Waals surface area contributed by atoms with Crippen molar-refractivity contribution in [2.75, 3.05) is 25.4 Å². The van der Waals surface area contributed by atoms with E-state index in [0.717, 1.165) is 21.6 Å². The minimum atomic E-state index is -0.338. The first-order valence-corrected chi connectivity index (χ1v) is 9.53. The van der Waals surface area contributed by atoms with Crippen molar-refractivity contribution in [3.8, 4) is 0 Å². The van der Waals surface area contributed by atoms with Crippen molar-refractivity contribution in [3.05, 3.63) is 40.1 Å². The van der Waals surface area contributed by atoms with Gasteiger partial charge < -0.3 is 4.90 Å². The van der Waals surface area contributed by atoms with Gasteiger partial charge in [-0.15, -0.1) is 11.8 Å². The number of likely N-dealkylation sites (tertiary alicyclic amines) is 1. The van der Waals surface area contributed by atoms with Gasteiger partial charge in [-0.1, -0.05) is 6.42 Å². The summed E-state index contributed by atoms with van der Waals surface area (Å²) < 4.78 is 0. The normalized spacial score (nSPS) is 15.7. The van der Waals surface area contributed by atoms with Crippen molar-refractivity contribution in [2.45, 2.75) is 37.5 Å². The first-order chi connectivity index (χ1) is 11.7. The molecule has 0 N–H and O–H groups in total. The molecule has 0 aliphatic carbocycles. The van der Waals surface area contributed by atoms with Crippen molar-refractivity contribution in [3.63, 3.8) is 0 Å². The summed E-state index contributed by atoms with van der Waals surface area (Å²) in [6, 6.07) is 5.44. The summed E-state index contributed by atoms with van der Waals surface area (Å²) in [6.07, 6.45) is 6.96. The lowest BCUT2D eigenvalue weighted by Gasteiger charge is -2.26. The van der Waals surface area contributed by atoms with E-state index < -0.39 is 0 Å². The summed E-state index contributed by atoms with van der Waals surface area (Å²) in [5.41, 5.74) is 1.53. The molecule has 2 aromatic rings. The topological polar surface area (TPSA) is 59.3 Å². The van der Waals surface area contributed by atoms with Crippen LogP contribution in [0, 0.1) is 17.0 Å². The Morgan fingerprint density at radius 2 is 2.04 bits per heavy atom. The lowest BCUT2D eigenvalue weighted by Crippen LogP contribution is -2.30. The molecule has 0 unspecified atom stereocenters. The standard InChI is InChI=1S/C18H23N3O2S/c1-14-16(21(22)23)7-6-15-17(8-9-19-18(14)15)24-13-5-12-20-10-3-2-4-11-20/h6-9H,2-5,10-13H2,1H3. The zero-order valence-electron chi connectivity index (χ0n) is 14.0. The number of pyridine rings is 1. The summed E-state index contributed by atoms with van der Waals surface area (Å²) in [5.74, 6) is 1.06. The van der Waals surface area contributed by atoms with Crippen LogP contribution in [-0.2, 0) is 0 Å². The third kappa shape index (κ3) is 3.87. The van der Waals surface area contributed by atoms with Crippen molar-refractivity contribution >= 4 is 28.4 Å². The Kier molecular flexibility index (Phi) is 5.68. The van der Waals surface area contributed by atoms with Gasteiger partial charge in [0.2, 0.25) is 0 Å². The number of aromatic nitrogens is 1. The van der Waals surface area contributed by atoms with Gasteiger partial charge in [-0.3, -0.25) is 15.1 Å². The molecular formula is C18H23N3O2S. The molecule has 0 amide bonds. The van der Waals surface area contributed by atoms with Crippen molar-refractivity contribution in [1.82, 2.24) is 9.88 Å². The van der Waals surface area contributed by atoms with Crippen LogP contribution in [0.3, 0.4) is 0 Å². The molecule has 1 aliphatic rings. The highest BCUT2D eigenvalue weighted by atomic mass is 32.2. The SMILES string of the molecule is Cc1c([N+](=O)[O-])ccc2c(SCCCN3CCCCC3)ccnc12. The van der Waals surface area contributed by atoms with E-state index in [2.05, 4.69) is 9.88 Å². The zero-order valence-corrected chi connectivity index (χ0v) is 14.8. The minimum absolute atomic E-state index is 0.141.